The van der Waals surface area contributed by atoms with E-state index in [1.165, 1.54) is 12.8 Å². The molecule has 1 aromatic rings. The number of likely N-dealkylation sites (N-methyl/N-ethyl adjacent to an activating group) is 1. The topological polar surface area (TPSA) is 44.4 Å². The third kappa shape index (κ3) is 3.58. The van der Waals surface area contributed by atoms with Crippen LogP contribution < -0.4 is 10.6 Å². The zero-order valence-electron chi connectivity index (χ0n) is 12.7. The van der Waals surface area contributed by atoms with Crippen molar-refractivity contribution in [1.29, 1.82) is 0 Å². The number of carbonyl (C=O) groups excluding carboxylic acids is 1. The molecule has 0 bridgehead atoms. The number of hydrogen-bond acceptors (Lipinski definition) is 3. The Morgan fingerprint density at radius 1 is 1.35 bits per heavy atom. The highest BCUT2D eigenvalue weighted by Gasteiger charge is 2.25. The van der Waals surface area contributed by atoms with Gasteiger partial charge in [0.1, 0.15) is 0 Å². The van der Waals surface area contributed by atoms with E-state index < -0.39 is 0 Å². The van der Waals surface area contributed by atoms with Crippen molar-refractivity contribution in [2.24, 2.45) is 0 Å². The van der Waals surface area contributed by atoms with Crippen LogP contribution in [0.25, 0.3) is 0 Å². The maximum Gasteiger partial charge on any atom is 0.238 e. The second kappa shape index (κ2) is 6.86. The summed E-state index contributed by atoms with van der Waals surface area (Å²) in [5.41, 5.74) is 3.19. The minimum absolute atomic E-state index is 0.0883. The molecule has 20 heavy (non-hydrogen) atoms. The molecule has 1 amide bonds. The molecule has 2 N–H and O–H groups in total. The number of nitrogens with one attached hydrogen (secondary N) is 2. The molecule has 0 spiro atoms. The van der Waals surface area contributed by atoms with Gasteiger partial charge >= 0.3 is 0 Å². The standard InChI is InChI=1S/C16H25N3O/c1-12-6-4-7-13(2)16(12)18-15(20)11-19-9-5-8-14(19)10-17-3/h4,6-7,14,17H,5,8-11H2,1-3H3,(H,18,20). The monoisotopic (exact) mass is 275 g/mol. The van der Waals surface area contributed by atoms with Gasteiger partial charge in [0, 0.05) is 18.3 Å². The van der Waals surface area contributed by atoms with Crippen molar-refractivity contribution in [3.63, 3.8) is 0 Å². The Labute approximate surface area is 121 Å². The number of anilines is 1. The van der Waals surface area contributed by atoms with E-state index in [4.69, 9.17) is 0 Å². The summed E-state index contributed by atoms with van der Waals surface area (Å²) < 4.78 is 0. The number of para-hydroxylation sites is 1. The van der Waals surface area contributed by atoms with Gasteiger partial charge in [0.2, 0.25) is 5.91 Å². The molecule has 2 rings (SSSR count). The first-order valence-corrected chi connectivity index (χ1v) is 7.36. The Balaban J connectivity index is 1.95. The zero-order chi connectivity index (χ0) is 14.5. The molecule has 0 saturated carbocycles. The highest BCUT2D eigenvalue weighted by atomic mass is 16.2. The molecule has 1 fully saturated rings. The Hall–Kier alpha value is -1.39. The van der Waals surface area contributed by atoms with E-state index in [1.54, 1.807) is 0 Å². The van der Waals surface area contributed by atoms with Gasteiger partial charge in [0.15, 0.2) is 0 Å². The quantitative estimate of drug-likeness (QED) is 0.863. The molecule has 110 valence electrons. The number of aryl methyl sites for hydroxylation is 2. The summed E-state index contributed by atoms with van der Waals surface area (Å²) >= 11 is 0. The first-order valence-electron chi connectivity index (χ1n) is 7.36. The molecule has 1 atom stereocenters. The van der Waals surface area contributed by atoms with E-state index in [9.17, 15) is 4.79 Å². The van der Waals surface area contributed by atoms with Crippen molar-refractivity contribution >= 4 is 11.6 Å². The minimum atomic E-state index is 0.0883. The molecular weight excluding hydrogens is 250 g/mol. The van der Waals surface area contributed by atoms with Crippen LogP contribution in [0.4, 0.5) is 5.69 Å². The van der Waals surface area contributed by atoms with Crippen LogP contribution in [0, 0.1) is 13.8 Å². The molecule has 1 aromatic carbocycles. The van der Waals surface area contributed by atoms with Crippen LogP contribution in [-0.2, 0) is 4.79 Å². The molecule has 1 saturated heterocycles. The van der Waals surface area contributed by atoms with Crippen LogP contribution in [-0.4, -0.2) is 43.5 Å². The summed E-state index contributed by atoms with van der Waals surface area (Å²) in [6.45, 7) is 6.52. The number of rotatable bonds is 5. The van der Waals surface area contributed by atoms with Crippen molar-refractivity contribution in [3.8, 4) is 0 Å². The van der Waals surface area contributed by atoms with Gasteiger partial charge in [-0.05, 0) is 51.4 Å². The van der Waals surface area contributed by atoms with Crippen molar-refractivity contribution in [2.75, 3.05) is 32.0 Å². The summed E-state index contributed by atoms with van der Waals surface area (Å²) in [4.78, 5) is 14.5. The van der Waals surface area contributed by atoms with Gasteiger partial charge in [-0.25, -0.2) is 0 Å². The Morgan fingerprint density at radius 2 is 2.05 bits per heavy atom. The highest BCUT2D eigenvalue weighted by molar-refractivity contribution is 5.93. The van der Waals surface area contributed by atoms with Crippen LogP contribution in [0.15, 0.2) is 18.2 Å². The van der Waals surface area contributed by atoms with Gasteiger partial charge in [0.05, 0.1) is 6.54 Å². The van der Waals surface area contributed by atoms with Crippen molar-refractivity contribution in [2.45, 2.75) is 32.7 Å². The van der Waals surface area contributed by atoms with E-state index in [0.717, 1.165) is 29.9 Å². The maximum absolute atomic E-state index is 12.2. The molecule has 0 aromatic heterocycles. The Bertz CT molecular complexity index is 453. The average molecular weight is 275 g/mol. The smallest absolute Gasteiger partial charge is 0.238 e. The van der Waals surface area contributed by atoms with E-state index in [0.29, 0.717) is 12.6 Å². The molecule has 1 aliphatic heterocycles. The van der Waals surface area contributed by atoms with Gasteiger partial charge in [-0.15, -0.1) is 0 Å². The van der Waals surface area contributed by atoms with Crippen molar-refractivity contribution in [1.82, 2.24) is 10.2 Å². The van der Waals surface area contributed by atoms with Crippen molar-refractivity contribution < 1.29 is 4.79 Å². The molecule has 0 radical (unpaired) electrons. The number of carbonyl (C=O) groups is 1. The lowest BCUT2D eigenvalue weighted by molar-refractivity contribution is -0.117. The summed E-state index contributed by atoms with van der Waals surface area (Å²) in [5.74, 6) is 0.0883. The highest BCUT2D eigenvalue weighted by Crippen LogP contribution is 2.20. The molecule has 1 unspecified atom stereocenters. The summed E-state index contributed by atoms with van der Waals surface area (Å²) in [6, 6.07) is 6.57. The zero-order valence-corrected chi connectivity index (χ0v) is 12.7. The lowest BCUT2D eigenvalue weighted by Crippen LogP contribution is -2.41. The molecular formula is C16H25N3O. The molecule has 4 heteroatoms. The number of amides is 1. The first-order chi connectivity index (χ1) is 9.61. The summed E-state index contributed by atoms with van der Waals surface area (Å²) in [6.07, 6.45) is 2.36. The number of hydrogen-bond donors (Lipinski definition) is 2. The summed E-state index contributed by atoms with van der Waals surface area (Å²) in [7, 11) is 1.97. The fourth-order valence-electron chi connectivity index (χ4n) is 2.95. The van der Waals surface area contributed by atoms with Gasteiger partial charge in [-0.3, -0.25) is 9.69 Å². The van der Waals surface area contributed by atoms with Crippen LogP contribution in [0.1, 0.15) is 24.0 Å². The Kier molecular flexibility index (Phi) is 5.15. The molecule has 1 heterocycles. The normalized spacial score (nSPS) is 19.2. The fraction of sp³-hybridized carbons (Fsp3) is 0.562. The van der Waals surface area contributed by atoms with Crippen LogP contribution in [0.5, 0.6) is 0 Å². The summed E-state index contributed by atoms with van der Waals surface area (Å²) in [5, 5.41) is 6.27. The van der Waals surface area contributed by atoms with E-state index >= 15 is 0 Å². The largest absolute Gasteiger partial charge is 0.324 e. The van der Waals surface area contributed by atoms with Crippen LogP contribution in [0.2, 0.25) is 0 Å². The molecule has 1 aliphatic rings. The lowest BCUT2D eigenvalue weighted by atomic mass is 10.1. The average Bonchev–Trinajstić information content (AvgIpc) is 2.82. The van der Waals surface area contributed by atoms with Crippen LogP contribution in [0.3, 0.4) is 0 Å². The van der Waals surface area contributed by atoms with E-state index in [-0.39, 0.29) is 5.91 Å². The molecule has 4 nitrogen and oxygen atoms in total. The molecule has 0 aliphatic carbocycles. The third-order valence-corrected chi connectivity index (χ3v) is 4.03. The van der Waals surface area contributed by atoms with Gasteiger partial charge in [-0.2, -0.15) is 0 Å². The second-order valence-corrected chi connectivity index (χ2v) is 5.64. The van der Waals surface area contributed by atoms with Gasteiger partial charge in [-0.1, -0.05) is 18.2 Å². The predicted molar refractivity (Wildman–Crippen MR) is 83.1 cm³/mol. The second-order valence-electron chi connectivity index (χ2n) is 5.64. The number of nitrogens with zero attached hydrogens (tertiary/aromatic N) is 1. The third-order valence-electron chi connectivity index (χ3n) is 4.03. The maximum atomic E-state index is 12.2. The lowest BCUT2D eigenvalue weighted by Gasteiger charge is -2.24. The van der Waals surface area contributed by atoms with E-state index in [2.05, 4.69) is 15.5 Å². The minimum Gasteiger partial charge on any atom is -0.324 e. The number of likely N-dealkylation sites (tertiary alicyclic amines) is 1. The predicted octanol–water partition coefficient (Wildman–Crippen LogP) is 1.93. The fourth-order valence-corrected chi connectivity index (χ4v) is 2.95. The van der Waals surface area contributed by atoms with Gasteiger partial charge < -0.3 is 10.6 Å². The van der Waals surface area contributed by atoms with Crippen molar-refractivity contribution in [3.05, 3.63) is 29.3 Å². The Morgan fingerprint density at radius 3 is 2.70 bits per heavy atom. The number of benzene rings is 1. The first kappa shape index (κ1) is 15.0. The van der Waals surface area contributed by atoms with E-state index in [1.807, 2.05) is 39.1 Å². The SMILES string of the molecule is CNCC1CCCN1CC(=O)Nc1c(C)cccc1C. The van der Waals surface area contributed by atoms with Crippen LogP contribution >= 0.6 is 0 Å². The van der Waals surface area contributed by atoms with Gasteiger partial charge in [0.25, 0.3) is 0 Å².